The predicted molar refractivity (Wildman–Crippen MR) is 179 cm³/mol. The summed E-state index contributed by atoms with van der Waals surface area (Å²) >= 11 is 0. The Morgan fingerprint density at radius 2 is 1.74 bits per heavy atom. The van der Waals surface area contributed by atoms with Crippen molar-refractivity contribution < 1.29 is 0 Å². The quantitative estimate of drug-likeness (QED) is 0.249. The SMILES string of the molecule is Nc1ncccc1-c1nc2ccc(-n3cccn3)nc2n1-c1ccc2c(c1)CC[C@@H]2NC1CC2(CCN(c3ccccn3)CC2)C1. The molecule has 6 aromatic rings. The molecule has 1 aliphatic heterocycles. The van der Waals surface area contributed by atoms with E-state index < -0.39 is 0 Å². The second kappa shape index (κ2) is 10.8. The van der Waals surface area contributed by atoms with Crippen LogP contribution in [0.1, 0.15) is 49.3 Å². The number of nitrogens with two attached hydrogens (primary N) is 1. The zero-order valence-electron chi connectivity index (χ0n) is 25.6. The van der Waals surface area contributed by atoms with Gasteiger partial charge in [0, 0.05) is 55.6 Å². The van der Waals surface area contributed by atoms with Crippen molar-refractivity contribution in [1.29, 1.82) is 0 Å². The molecule has 0 unspecified atom stereocenters. The number of hydrogen-bond donors (Lipinski definition) is 2. The van der Waals surface area contributed by atoms with E-state index in [2.05, 4.69) is 60.2 Å². The van der Waals surface area contributed by atoms with Gasteiger partial charge in [0.1, 0.15) is 17.2 Å². The molecule has 1 atom stereocenters. The minimum atomic E-state index is 0.387. The van der Waals surface area contributed by atoms with E-state index in [-0.39, 0.29) is 0 Å². The molecule has 46 heavy (non-hydrogen) atoms. The number of nitrogens with zero attached hydrogens (tertiary/aromatic N) is 8. The van der Waals surface area contributed by atoms with Crippen LogP contribution in [0.3, 0.4) is 0 Å². The number of nitrogens with one attached hydrogen (secondary N) is 1. The first kappa shape index (κ1) is 27.2. The fourth-order valence-corrected chi connectivity index (χ4v) is 7.97. The molecule has 10 heteroatoms. The number of nitrogen functional groups attached to an aromatic ring is 1. The standard InChI is InChI=1S/C36H36N10/c37-33-28(5-3-16-39-33)34-42-30-11-12-32(45-18-4-17-40-45)43-35(30)46(34)26-8-9-27-24(21-26)7-10-29(27)41-25-22-36(23-25)13-19-44(20-14-36)31-6-1-2-15-38-31/h1-6,8-9,11-12,15-18,21,25,29,41H,7,10,13-14,19-20,22-23H2,(H2,37,39)/t29-/m0/s1. The van der Waals surface area contributed by atoms with Gasteiger partial charge in [-0.2, -0.15) is 5.10 Å². The molecule has 2 aliphatic carbocycles. The molecule has 3 aliphatic rings. The van der Waals surface area contributed by atoms with Crippen molar-refractivity contribution in [2.24, 2.45) is 5.41 Å². The molecular formula is C36H36N10. The Morgan fingerprint density at radius 3 is 2.54 bits per heavy atom. The average molecular weight is 609 g/mol. The van der Waals surface area contributed by atoms with Crippen LogP contribution in [0.25, 0.3) is 34.1 Å². The van der Waals surface area contributed by atoms with Crippen LogP contribution in [-0.2, 0) is 6.42 Å². The third-order valence-electron chi connectivity index (χ3n) is 10.4. The Kier molecular flexibility index (Phi) is 6.38. The van der Waals surface area contributed by atoms with Crippen molar-refractivity contribution in [2.75, 3.05) is 23.7 Å². The van der Waals surface area contributed by atoms with Crippen LogP contribution in [0.4, 0.5) is 11.6 Å². The van der Waals surface area contributed by atoms with Crippen molar-refractivity contribution in [3.63, 3.8) is 0 Å². The van der Waals surface area contributed by atoms with Crippen molar-refractivity contribution >= 4 is 22.8 Å². The third kappa shape index (κ3) is 4.63. The number of imidazole rings is 1. The van der Waals surface area contributed by atoms with E-state index in [1.807, 2.05) is 48.8 Å². The summed E-state index contributed by atoms with van der Waals surface area (Å²) in [6, 6.07) is 23.7. The minimum absolute atomic E-state index is 0.387. The lowest BCUT2D eigenvalue weighted by Gasteiger charge is -2.53. The lowest BCUT2D eigenvalue weighted by Crippen LogP contribution is -2.54. The first-order valence-corrected chi connectivity index (χ1v) is 16.3. The highest BCUT2D eigenvalue weighted by atomic mass is 15.3. The van der Waals surface area contributed by atoms with E-state index in [1.54, 1.807) is 17.1 Å². The Balaban J connectivity index is 0.968. The lowest BCUT2D eigenvalue weighted by atomic mass is 9.60. The van der Waals surface area contributed by atoms with Crippen molar-refractivity contribution in [1.82, 2.24) is 39.6 Å². The molecule has 5 aromatic heterocycles. The predicted octanol–water partition coefficient (Wildman–Crippen LogP) is 5.67. The van der Waals surface area contributed by atoms with Gasteiger partial charge in [-0.3, -0.25) is 4.57 Å². The number of piperidine rings is 1. The maximum atomic E-state index is 6.37. The lowest BCUT2D eigenvalue weighted by molar-refractivity contribution is 0.0468. The number of aromatic nitrogens is 7. The number of fused-ring (bicyclic) bond motifs is 2. The molecule has 2 fully saturated rings. The molecular weight excluding hydrogens is 572 g/mol. The van der Waals surface area contributed by atoms with Gasteiger partial charge in [0.05, 0.1) is 5.56 Å². The molecule has 0 bridgehead atoms. The molecule has 0 amide bonds. The summed E-state index contributed by atoms with van der Waals surface area (Å²) in [6.45, 7) is 2.21. The zero-order valence-corrected chi connectivity index (χ0v) is 25.6. The summed E-state index contributed by atoms with van der Waals surface area (Å²) in [7, 11) is 0. The normalized spacial score (nSPS) is 19.0. The van der Waals surface area contributed by atoms with E-state index in [0.717, 1.165) is 65.8 Å². The Morgan fingerprint density at radius 1 is 0.848 bits per heavy atom. The zero-order chi connectivity index (χ0) is 30.7. The average Bonchev–Trinajstić information content (AvgIpc) is 3.84. The maximum absolute atomic E-state index is 6.37. The number of anilines is 2. The highest BCUT2D eigenvalue weighted by Crippen LogP contribution is 2.50. The smallest absolute Gasteiger partial charge is 0.167 e. The highest BCUT2D eigenvalue weighted by molar-refractivity contribution is 5.83. The summed E-state index contributed by atoms with van der Waals surface area (Å²) in [6.07, 6.45) is 14.5. The molecule has 9 rings (SSSR count). The molecule has 10 nitrogen and oxygen atoms in total. The van der Waals surface area contributed by atoms with Gasteiger partial charge in [0.15, 0.2) is 17.3 Å². The maximum Gasteiger partial charge on any atom is 0.167 e. The topological polar surface area (TPSA) is 116 Å². The Labute approximate surface area is 267 Å². The number of rotatable bonds is 6. The molecule has 230 valence electrons. The molecule has 6 heterocycles. The van der Waals surface area contributed by atoms with Gasteiger partial charge in [0.2, 0.25) is 0 Å². The molecule has 1 saturated carbocycles. The summed E-state index contributed by atoms with van der Waals surface area (Å²) in [5.41, 5.74) is 13.0. The van der Waals surface area contributed by atoms with Gasteiger partial charge >= 0.3 is 0 Å². The minimum Gasteiger partial charge on any atom is -0.383 e. The van der Waals surface area contributed by atoms with Gasteiger partial charge in [-0.05, 0) is 110 Å². The van der Waals surface area contributed by atoms with Crippen LogP contribution in [0.15, 0.2) is 91.5 Å². The van der Waals surface area contributed by atoms with Crippen molar-refractivity contribution in [2.45, 2.75) is 50.6 Å². The summed E-state index contributed by atoms with van der Waals surface area (Å²) < 4.78 is 3.88. The van der Waals surface area contributed by atoms with Crippen molar-refractivity contribution in [3.8, 4) is 22.9 Å². The number of aryl methyl sites for hydroxylation is 1. The van der Waals surface area contributed by atoms with Gasteiger partial charge in [-0.15, -0.1) is 0 Å². The van der Waals surface area contributed by atoms with Gasteiger partial charge in [0.25, 0.3) is 0 Å². The summed E-state index contributed by atoms with van der Waals surface area (Å²) in [5.74, 6) is 3.02. The van der Waals surface area contributed by atoms with Crippen LogP contribution in [0.5, 0.6) is 0 Å². The largest absolute Gasteiger partial charge is 0.383 e. The van der Waals surface area contributed by atoms with Crippen LogP contribution < -0.4 is 16.0 Å². The number of benzene rings is 1. The molecule has 1 aromatic carbocycles. The van der Waals surface area contributed by atoms with Crippen LogP contribution in [0.2, 0.25) is 0 Å². The second-order valence-corrected chi connectivity index (χ2v) is 13.1. The fourth-order valence-electron chi connectivity index (χ4n) is 7.97. The van der Waals surface area contributed by atoms with Gasteiger partial charge < -0.3 is 16.0 Å². The Bertz CT molecular complexity index is 2020. The van der Waals surface area contributed by atoms with E-state index >= 15 is 0 Å². The summed E-state index contributed by atoms with van der Waals surface area (Å²) in [5, 5.41) is 8.44. The van der Waals surface area contributed by atoms with E-state index in [1.165, 1.54) is 36.8 Å². The first-order valence-electron chi connectivity index (χ1n) is 16.3. The van der Waals surface area contributed by atoms with Gasteiger partial charge in [-0.1, -0.05) is 12.1 Å². The van der Waals surface area contributed by atoms with Crippen LogP contribution in [-0.4, -0.2) is 53.4 Å². The van der Waals surface area contributed by atoms with E-state index in [9.17, 15) is 0 Å². The van der Waals surface area contributed by atoms with Crippen LogP contribution in [0, 0.1) is 5.41 Å². The Hall–Kier alpha value is -5.09. The second-order valence-electron chi connectivity index (χ2n) is 13.1. The van der Waals surface area contributed by atoms with Crippen LogP contribution >= 0.6 is 0 Å². The number of hydrogen-bond acceptors (Lipinski definition) is 8. The third-order valence-corrected chi connectivity index (χ3v) is 10.4. The first-order chi connectivity index (χ1) is 22.6. The number of pyridine rings is 3. The molecule has 0 radical (unpaired) electrons. The molecule has 3 N–H and O–H groups in total. The molecule has 1 spiro atoms. The van der Waals surface area contributed by atoms with Gasteiger partial charge in [-0.25, -0.2) is 24.6 Å². The van der Waals surface area contributed by atoms with E-state index in [4.69, 9.17) is 15.7 Å². The molecule has 1 saturated heterocycles. The highest BCUT2D eigenvalue weighted by Gasteiger charge is 2.46. The van der Waals surface area contributed by atoms with E-state index in [0.29, 0.717) is 23.3 Å². The fraction of sp³-hybridized carbons (Fsp3) is 0.306. The van der Waals surface area contributed by atoms with Crippen molar-refractivity contribution in [3.05, 3.63) is 103 Å². The monoisotopic (exact) mass is 608 g/mol. The summed E-state index contributed by atoms with van der Waals surface area (Å²) in [4.78, 5) is 21.4.